The lowest BCUT2D eigenvalue weighted by molar-refractivity contribution is 0.0679. The highest BCUT2D eigenvalue weighted by Crippen LogP contribution is 2.31. The van der Waals surface area contributed by atoms with Crippen LogP contribution in [-0.2, 0) is 4.74 Å². The molecule has 4 nitrogen and oxygen atoms in total. The zero-order chi connectivity index (χ0) is 13.1. The van der Waals surface area contributed by atoms with Gasteiger partial charge in [0, 0.05) is 25.4 Å². The third kappa shape index (κ3) is 2.84. The molecule has 1 aliphatic carbocycles. The van der Waals surface area contributed by atoms with Gasteiger partial charge in [-0.3, -0.25) is 4.79 Å². The maximum atomic E-state index is 12.5. The SMILES string of the molecule is COCCN(C(=O)c1cccc(N)c1Br)C1CC1. The first-order chi connectivity index (χ1) is 8.65. The van der Waals surface area contributed by atoms with E-state index in [9.17, 15) is 4.79 Å². The molecule has 0 heterocycles. The van der Waals surface area contributed by atoms with Crippen molar-refractivity contribution in [1.29, 1.82) is 0 Å². The van der Waals surface area contributed by atoms with Gasteiger partial charge in [0.25, 0.3) is 5.91 Å². The third-order valence-corrected chi connectivity index (χ3v) is 3.93. The summed E-state index contributed by atoms with van der Waals surface area (Å²) in [4.78, 5) is 14.4. The van der Waals surface area contributed by atoms with Crippen molar-refractivity contribution in [2.24, 2.45) is 0 Å². The molecule has 2 N–H and O–H groups in total. The molecule has 1 fully saturated rings. The van der Waals surface area contributed by atoms with Crippen molar-refractivity contribution in [1.82, 2.24) is 4.90 Å². The van der Waals surface area contributed by atoms with Crippen molar-refractivity contribution in [2.75, 3.05) is 26.0 Å². The van der Waals surface area contributed by atoms with Gasteiger partial charge in [-0.05, 0) is 40.9 Å². The lowest BCUT2D eigenvalue weighted by Gasteiger charge is -2.22. The van der Waals surface area contributed by atoms with E-state index >= 15 is 0 Å². The Morgan fingerprint density at radius 1 is 1.56 bits per heavy atom. The van der Waals surface area contributed by atoms with Crippen LogP contribution in [0.3, 0.4) is 0 Å². The van der Waals surface area contributed by atoms with Crippen LogP contribution in [0.1, 0.15) is 23.2 Å². The van der Waals surface area contributed by atoms with E-state index in [-0.39, 0.29) is 5.91 Å². The number of carbonyl (C=O) groups is 1. The Hall–Kier alpha value is -1.07. The zero-order valence-corrected chi connectivity index (χ0v) is 11.9. The molecule has 0 spiro atoms. The zero-order valence-electron chi connectivity index (χ0n) is 10.4. The number of benzene rings is 1. The minimum absolute atomic E-state index is 0.0220. The molecule has 0 aromatic heterocycles. The Kier molecular flexibility index (Phi) is 4.24. The predicted molar refractivity (Wildman–Crippen MR) is 74.5 cm³/mol. The van der Waals surface area contributed by atoms with Crippen LogP contribution in [0.15, 0.2) is 22.7 Å². The summed E-state index contributed by atoms with van der Waals surface area (Å²) in [5.41, 5.74) is 7.02. The van der Waals surface area contributed by atoms with E-state index in [1.807, 2.05) is 4.90 Å². The molecule has 2 rings (SSSR count). The number of hydrogen-bond acceptors (Lipinski definition) is 3. The van der Waals surface area contributed by atoms with Crippen molar-refractivity contribution in [3.63, 3.8) is 0 Å². The van der Waals surface area contributed by atoms with Crippen LogP contribution in [0.2, 0.25) is 0 Å². The van der Waals surface area contributed by atoms with Crippen molar-refractivity contribution in [3.05, 3.63) is 28.2 Å². The second kappa shape index (κ2) is 5.71. The largest absolute Gasteiger partial charge is 0.398 e. The summed E-state index contributed by atoms with van der Waals surface area (Å²) in [7, 11) is 1.64. The molecule has 0 unspecified atom stereocenters. The van der Waals surface area contributed by atoms with E-state index in [0.717, 1.165) is 12.8 Å². The highest BCUT2D eigenvalue weighted by atomic mass is 79.9. The number of amides is 1. The standard InChI is InChI=1S/C13H17BrN2O2/c1-18-8-7-16(9-5-6-9)13(17)10-3-2-4-11(15)12(10)14/h2-4,9H,5-8,15H2,1H3. The number of hydrogen-bond donors (Lipinski definition) is 1. The highest BCUT2D eigenvalue weighted by molar-refractivity contribution is 9.10. The summed E-state index contributed by atoms with van der Waals surface area (Å²) >= 11 is 3.38. The first kappa shape index (κ1) is 13.4. The number of methoxy groups -OCH3 is 1. The maximum Gasteiger partial charge on any atom is 0.255 e. The van der Waals surface area contributed by atoms with Gasteiger partial charge in [0.05, 0.1) is 16.6 Å². The minimum atomic E-state index is 0.0220. The number of carbonyl (C=O) groups excluding carboxylic acids is 1. The van der Waals surface area contributed by atoms with Crippen LogP contribution in [0.25, 0.3) is 0 Å². The summed E-state index contributed by atoms with van der Waals surface area (Å²) in [5.74, 6) is 0.0220. The average molecular weight is 313 g/mol. The summed E-state index contributed by atoms with van der Waals surface area (Å²) in [5, 5.41) is 0. The number of anilines is 1. The average Bonchev–Trinajstić information content (AvgIpc) is 3.17. The van der Waals surface area contributed by atoms with E-state index in [1.54, 1.807) is 25.3 Å². The summed E-state index contributed by atoms with van der Waals surface area (Å²) in [6.45, 7) is 1.18. The second-order valence-corrected chi connectivity index (χ2v) is 5.22. The fourth-order valence-electron chi connectivity index (χ4n) is 1.90. The molecular weight excluding hydrogens is 296 g/mol. The van der Waals surface area contributed by atoms with E-state index in [2.05, 4.69) is 15.9 Å². The Morgan fingerprint density at radius 3 is 2.89 bits per heavy atom. The number of nitrogen functional groups attached to an aromatic ring is 1. The molecule has 0 saturated heterocycles. The van der Waals surface area contributed by atoms with Crippen LogP contribution in [-0.4, -0.2) is 37.1 Å². The Balaban J connectivity index is 2.19. The van der Waals surface area contributed by atoms with Crippen LogP contribution in [0, 0.1) is 0 Å². The molecule has 0 atom stereocenters. The molecule has 0 bridgehead atoms. The minimum Gasteiger partial charge on any atom is -0.398 e. The molecule has 5 heteroatoms. The van der Waals surface area contributed by atoms with Crippen molar-refractivity contribution in [3.8, 4) is 0 Å². The number of rotatable bonds is 5. The Morgan fingerprint density at radius 2 is 2.28 bits per heavy atom. The second-order valence-electron chi connectivity index (χ2n) is 4.43. The number of halogens is 1. The van der Waals surface area contributed by atoms with Gasteiger partial charge in [0.2, 0.25) is 0 Å². The van der Waals surface area contributed by atoms with Crippen LogP contribution in [0.5, 0.6) is 0 Å². The van der Waals surface area contributed by atoms with Gasteiger partial charge in [0.1, 0.15) is 0 Å². The molecule has 1 aromatic carbocycles. The summed E-state index contributed by atoms with van der Waals surface area (Å²) in [6, 6.07) is 5.73. The van der Waals surface area contributed by atoms with Crippen LogP contribution in [0.4, 0.5) is 5.69 Å². The van der Waals surface area contributed by atoms with Gasteiger partial charge >= 0.3 is 0 Å². The summed E-state index contributed by atoms with van der Waals surface area (Å²) < 4.78 is 5.74. The molecular formula is C13H17BrN2O2. The molecule has 1 saturated carbocycles. The number of nitrogens with zero attached hydrogens (tertiary/aromatic N) is 1. The molecule has 18 heavy (non-hydrogen) atoms. The third-order valence-electron chi connectivity index (χ3n) is 3.04. The first-order valence-electron chi connectivity index (χ1n) is 5.99. The van der Waals surface area contributed by atoms with Crippen molar-refractivity contribution < 1.29 is 9.53 Å². The lowest BCUT2D eigenvalue weighted by Crippen LogP contribution is -2.36. The van der Waals surface area contributed by atoms with E-state index in [1.165, 1.54) is 0 Å². The molecule has 0 radical (unpaired) electrons. The van der Waals surface area contributed by atoms with E-state index < -0.39 is 0 Å². The molecule has 98 valence electrons. The molecule has 1 aliphatic rings. The lowest BCUT2D eigenvalue weighted by atomic mass is 10.1. The monoisotopic (exact) mass is 312 g/mol. The smallest absolute Gasteiger partial charge is 0.255 e. The molecule has 0 aliphatic heterocycles. The van der Waals surface area contributed by atoms with Crippen molar-refractivity contribution >= 4 is 27.5 Å². The number of nitrogens with two attached hydrogens (primary N) is 1. The van der Waals surface area contributed by atoms with Crippen LogP contribution >= 0.6 is 15.9 Å². The topological polar surface area (TPSA) is 55.6 Å². The fraction of sp³-hybridized carbons (Fsp3) is 0.462. The maximum absolute atomic E-state index is 12.5. The normalized spacial score (nSPS) is 14.6. The predicted octanol–water partition coefficient (Wildman–Crippen LogP) is 2.28. The van der Waals surface area contributed by atoms with Gasteiger partial charge in [-0.15, -0.1) is 0 Å². The Labute approximate surface area is 115 Å². The van der Waals surface area contributed by atoms with Gasteiger partial charge in [-0.1, -0.05) is 6.07 Å². The van der Waals surface area contributed by atoms with Crippen molar-refractivity contribution in [2.45, 2.75) is 18.9 Å². The molecule has 1 aromatic rings. The van der Waals surface area contributed by atoms with E-state index in [4.69, 9.17) is 10.5 Å². The van der Waals surface area contributed by atoms with Gasteiger partial charge in [-0.25, -0.2) is 0 Å². The highest BCUT2D eigenvalue weighted by Gasteiger charge is 2.33. The molecule has 1 amide bonds. The quantitative estimate of drug-likeness (QED) is 0.849. The summed E-state index contributed by atoms with van der Waals surface area (Å²) in [6.07, 6.45) is 2.16. The van der Waals surface area contributed by atoms with Gasteiger partial charge in [-0.2, -0.15) is 0 Å². The Bertz CT molecular complexity index is 447. The fourth-order valence-corrected chi connectivity index (χ4v) is 2.33. The van der Waals surface area contributed by atoms with Crippen LogP contribution < -0.4 is 5.73 Å². The number of ether oxygens (including phenoxy) is 1. The van der Waals surface area contributed by atoms with Gasteiger partial charge in [0.15, 0.2) is 0 Å². The van der Waals surface area contributed by atoms with E-state index in [0.29, 0.717) is 34.9 Å². The first-order valence-corrected chi connectivity index (χ1v) is 6.78. The van der Waals surface area contributed by atoms with Gasteiger partial charge < -0.3 is 15.4 Å².